The van der Waals surface area contributed by atoms with Crippen molar-refractivity contribution >= 4 is 11.5 Å². The molecule has 7 heteroatoms. The summed E-state index contributed by atoms with van der Waals surface area (Å²) < 4.78 is 23.5. The van der Waals surface area contributed by atoms with E-state index in [0.717, 1.165) is 61.6 Å². The number of ether oxygens (including phenoxy) is 2. The van der Waals surface area contributed by atoms with Crippen molar-refractivity contribution in [2.24, 2.45) is 0 Å². The highest BCUT2D eigenvalue weighted by Crippen LogP contribution is 2.32. The van der Waals surface area contributed by atoms with Crippen LogP contribution >= 0.6 is 0 Å². The zero-order chi connectivity index (χ0) is 29.6. The summed E-state index contributed by atoms with van der Waals surface area (Å²) >= 11 is 0. The molecular formula is C32H53FN4O2. The minimum Gasteiger partial charge on any atom is -0.383 e. The first-order chi connectivity index (χ1) is 18.8. The van der Waals surface area contributed by atoms with E-state index < -0.39 is 5.83 Å². The maximum Gasteiger partial charge on any atom is 0.223 e. The van der Waals surface area contributed by atoms with Crippen LogP contribution in [-0.4, -0.2) is 67.5 Å². The van der Waals surface area contributed by atoms with Gasteiger partial charge in [-0.1, -0.05) is 65.0 Å². The third-order valence-electron chi connectivity index (χ3n) is 5.80. The van der Waals surface area contributed by atoms with E-state index in [9.17, 15) is 4.39 Å². The number of aromatic nitrogens is 2. The summed E-state index contributed by atoms with van der Waals surface area (Å²) in [7, 11) is 1.66. The molecule has 2 rings (SSSR count). The summed E-state index contributed by atoms with van der Waals surface area (Å²) in [5.41, 5.74) is 4.53. The highest BCUT2D eigenvalue weighted by atomic mass is 19.1. The molecule has 1 aliphatic rings. The van der Waals surface area contributed by atoms with E-state index in [1.165, 1.54) is 24.6 Å². The predicted molar refractivity (Wildman–Crippen MR) is 166 cm³/mol. The molecule has 6 nitrogen and oxygen atoms in total. The first-order valence-electron chi connectivity index (χ1n) is 14.2. The summed E-state index contributed by atoms with van der Waals surface area (Å²) in [5, 5.41) is 3.24. The van der Waals surface area contributed by atoms with Crippen molar-refractivity contribution in [3.05, 3.63) is 71.9 Å². The number of rotatable bonds is 13. The maximum atomic E-state index is 13.1. The third-order valence-corrected chi connectivity index (χ3v) is 5.80. The highest BCUT2D eigenvalue weighted by molar-refractivity contribution is 5.84. The summed E-state index contributed by atoms with van der Waals surface area (Å²) in [6.45, 7) is 27.8. The minimum absolute atomic E-state index is 0.0808. The van der Waals surface area contributed by atoms with E-state index in [4.69, 9.17) is 14.5 Å². The van der Waals surface area contributed by atoms with Gasteiger partial charge in [-0.2, -0.15) is 0 Å². The fraction of sp³-hybridized carbons (Fsp3) is 0.562. The van der Waals surface area contributed by atoms with Gasteiger partial charge in [0.25, 0.3) is 0 Å². The molecule has 1 aliphatic heterocycles. The van der Waals surface area contributed by atoms with Crippen LogP contribution in [0.5, 0.6) is 0 Å². The summed E-state index contributed by atoms with van der Waals surface area (Å²) in [6, 6.07) is 1.95. The fourth-order valence-electron chi connectivity index (χ4n) is 4.05. The Bertz CT molecular complexity index is 931. The quantitative estimate of drug-likeness (QED) is 0.256. The van der Waals surface area contributed by atoms with Gasteiger partial charge in [-0.3, -0.25) is 4.90 Å². The van der Waals surface area contributed by atoms with Crippen LogP contribution in [0.25, 0.3) is 5.57 Å². The molecule has 1 unspecified atom stereocenters. The molecule has 1 N–H and O–H groups in total. The Morgan fingerprint density at radius 1 is 1.21 bits per heavy atom. The number of halogens is 1. The lowest BCUT2D eigenvalue weighted by atomic mass is 9.90. The van der Waals surface area contributed by atoms with Crippen LogP contribution in [-0.2, 0) is 9.47 Å². The Hall–Kier alpha value is -2.61. The molecule has 0 spiro atoms. The Kier molecular flexibility index (Phi) is 20.7. The van der Waals surface area contributed by atoms with Crippen LogP contribution in [0.1, 0.15) is 73.4 Å². The number of hydrogen-bond acceptors (Lipinski definition) is 6. The van der Waals surface area contributed by atoms with Gasteiger partial charge in [0.15, 0.2) is 0 Å². The zero-order valence-corrected chi connectivity index (χ0v) is 25.8. The van der Waals surface area contributed by atoms with Crippen molar-refractivity contribution in [1.29, 1.82) is 0 Å². The Morgan fingerprint density at radius 2 is 1.87 bits per heavy atom. The zero-order valence-electron chi connectivity index (χ0n) is 25.8. The monoisotopic (exact) mass is 544 g/mol. The van der Waals surface area contributed by atoms with Crippen LogP contribution in [0, 0.1) is 0 Å². The number of methoxy groups -OCH3 is 1. The van der Waals surface area contributed by atoms with Crippen LogP contribution in [0.2, 0.25) is 0 Å². The number of hydrogen-bond donors (Lipinski definition) is 1. The van der Waals surface area contributed by atoms with Gasteiger partial charge in [0, 0.05) is 38.0 Å². The highest BCUT2D eigenvalue weighted by Gasteiger charge is 2.15. The average Bonchev–Trinajstić information content (AvgIpc) is 2.92. The lowest BCUT2D eigenvalue weighted by Crippen LogP contribution is -2.36. The van der Waals surface area contributed by atoms with Gasteiger partial charge in [0.1, 0.15) is 5.83 Å². The first-order valence-corrected chi connectivity index (χ1v) is 14.2. The van der Waals surface area contributed by atoms with E-state index >= 15 is 0 Å². The van der Waals surface area contributed by atoms with Crippen LogP contribution < -0.4 is 5.32 Å². The number of allylic oxidation sites excluding steroid dienone is 8. The van der Waals surface area contributed by atoms with Gasteiger partial charge < -0.3 is 14.8 Å². The largest absolute Gasteiger partial charge is 0.383 e. The molecule has 0 amide bonds. The smallest absolute Gasteiger partial charge is 0.223 e. The van der Waals surface area contributed by atoms with Crippen molar-refractivity contribution < 1.29 is 13.9 Å². The molecular weight excluding hydrogens is 491 g/mol. The van der Waals surface area contributed by atoms with E-state index in [-0.39, 0.29) is 6.04 Å². The number of nitrogens with zero attached hydrogens (tertiary/aromatic N) is 3. The molecule has 1 fully saturated rings. The molecule has 1 atom stereocenters. The molecule has 39 heavy (non-hydrogen) atoms. The summed E-state index contributed by atoms with van der Waals surface area (Å²) in [4.78, 5) is 11.5. The van der Waals surface area contributed by atoms with Crippen LogP contribution in [0.15, 0.2) is 66.2 Å². The van der Waals surface area contributed by atoms with Gasteiger partial charge in [-0.05, 0) is 63.4 Å². The van der Waals surface area contributed by atoms with Crippen molar-refractivity contribution in [2.75, 3.05) is 51.9 Å². The maximum absolute atomic E-state index is 13.1. The van der Waals surface area contributed by atoms with Crippen LogP contribution in [0.4, 0.5) is 10.3 Å². The molecule has 0 bridgehead atoms. The topological polar surface area (TPSA) is 59.5 Å². The van der Waals surface area contributed by atoms with Gasteiger partial charge in [0.05, 0.1) is 25.5 Å². The van der Waals surface area contributed by atoms with E-state index in [2.05, 4.69) is 49.1 Å². The lowest BCUT2D eigenvalue weighted by Gasteiger charge is -2.25. The fourth-order valence-corrected chi connectivity index (χ4v) is 4.05. The van der Waals surface area contributed by atoms with Crippen molar-refractivity contribution in [3.63, 3.8) is 0 Å². The summed E-state index contributed by atoms with van der Waals surface area (Å²) in [5.74, 6) is 0.0370. The van der Waals surface area contributed by atoms with Gasteiger partial charge in [0.2, 0.25) is 5.95 Å². The molecule has 0 saturated carbocycles. The number of anilines is 1. The third kappa shape index (κ3) is 14.9. The first kappa shape index (κ1) is 36.4. The van der Waals surface area contributed by atoms with E-state index in [1.54, 1.807) is 19.4 Å². The second-order valence-electron chi connectivity index (χ2n) is 9.13. The van der Waals surface area contributed by atoms with Crippen molar-refractivity contribution in [3.8, 4) is 0 Å². The molecule has 1 aromatic heterocycles. The Balaban J connectivity index is 0.00000109. The average molecular weight is 545 g/mol. The SMILES string of the molecule is C=C(F)/C=C\C(=C/C)C(=C)/C(=C(\C)CCC)c1ccnc(NC(C)COC)n1.CC.CCCN1CCOCC1. The Morgan fingerprint density at radius 3 is 2.41 bits per heavy atom. The molecule has 0 radical (unpaired) electrons. The second-order valence-corrected chi connectivity index (χ2v) is 9.13. The number of morpholine rings is 1. The second kappa shape index (κ2) is 22.2. The van der Waals surface area contributed by atoms with E-state index in [1.807, 2.05) is 39.8 Å². The molecule has 2 heterocycles. The van der Waals surface area contributed by atoms with Gasteiger partial charge in [-0.25, -0.2) is 14.4 Å². The standard InChI is InChI=1S/C23H32FN3O.C7H15NO.C2H6/c1-8-10-16(3)22(19(6)20(9-2)12-11-17(4)24)21-13-14-25-23(27-21)26-18(5)15-28-7;1-2-3-8-4-6-9-7-5-8;1-2/h9,11-14,18H,4,6,8,10,15H2,1-3,5,7H3,(H,25,26,27);2-7H2,1H3;1-2H3/b12-11-,20-9+,22-16-;;. The van der Waals surface area contributed by atoms with Crippen molar-refractivity contribution in [1.82, 2.24) is 14.9 Å². The minimum atomic E-state index is -0.497. The Labute approximate surface area is 237 Å². The molecule has 1 saturated heterocycles. The lowest BCUT2D eigenvalue weighted by molar-refractivity contribution is 0.0380. The molecule has 0 aliphatic carbocycles. The van der Waals surface area contributed by atoms with Gasteiger partial charge in [-0.15, -0.1) is 0 Å². The molecule has 0 aromatic carbocycles. The molecule has 1 aromatic rings. The van der Waals surface area contributed by atoms with Crippen molar-refractivity contribution in [2.45, 2.75) is 73.8 Å². The van der Waals surface area contributed by atoms with Gasteiger partial charge >= 0.3 is 0 Å². The van der Waals surface area contributed by atoms with Crippen LogP contribution in [0.3, 0.4) is 0 Å². The molecule has 220 valence electrons. The number of nitrogens with one attached hydrogen (secondary N) is 1. The normalized spacial score (nSPS) is 15.4. The van der Waals surface area contributed by atoms with E-state index in [0.29, 0.717) is 12.6 Å². The summed E-state index contributed by atoms with van der Waals surface area (Å²) in [6.07, 6.45) is 9.84. The predicted octanol–water partition coefficient (Wildman–Crippen LogP) is 7.79.